The Morgan fingerprint density at radius 1 is 0.891 bits per heavy atom. The third kappa shape index (κ3) is 8.92. The second-order valence-corrected chi connectivity index (χ2v) is 11.9. The number of carbonyl (C=O) groups is 4. The van der Waals surface area contributed by atoms with Crippen molar-refractivity contribution in [3.8, 4) is 0 Å². The highest BCUT2D eigenvalue weighted by Gasteiger charge is 2.27. The van der Waals surface area contributed by atoms with Gasteiger partial charge in [0.25, 0.3) is 5.91 Å². The van der Waals surface area contributed by atoms with Crippen LogP contribution in [0.4, 0.5) is 21.9 Å². The first-order valence-corrected chi connectivity index (χ1v) is 15.5. The average Bonchev–Trinajstić information content (AvgIpc) is 3.03. The molecule has 2 unspecified atom stereocenters. The molecule has 3 amide bonds. The number of nitrogens with one attached hydrogen (secondary N) is 3. The number of ether oxygens (including phenoxy) is 2. The summed E-state index contributed by atoms with van der Waals surface area (Å²) in [4.78, 5) is 53.0. The Morgan fingerprint density at radius 3 is 2.15 bits per heavy atom. The van der Waals surface area contributed by atoms with Crippen LogP contribution in [0.1, 0.15) is 65.0 Å². The van der Waals surface area contributed by atoms with E-state index < -0.39 is 29.9 Å². The van der Waals surface area contributed by atoms with E-state index in [4.69, 9.17) is 32.7 Å². The van der Waals surface area contributed by atoms with E-state index in [-0.39, 0.29) is 39.2 Å². The van der Waals surface area contributed by atoms with Crippen molar-refractivity contribution in [3.63, 3.8) is 0 Å². The summed E-state index contributed by atoms with van der Waals surface area (Å²) in [6.07, 6.45) is 1.04. The number of urea groups is 1. The van der Waals surface area contributed by atoms with Gasteiger partial charge in [-0.3, -0.25) is 4.79 Å². The van der Waals surface area contributed by atoms with E-state index >= 15 is 0 Å². The van der Waals surface area contributed by atoms with Crippen molar-refractivity contribution in [1.82, 2.24) is 5.32 Å². The van der Waals surface area contributed by atoms with E-state index in [1.165, 1.54) is 14.2 Å². The number of carbonyl (C=O) groups excluding carboxylic acids is 4. The standard InChI is InChI=1S/C34H40Cl2N4O6/c1-8-19(2)20(3)24-14-15-26(35)29(30(24)36)31(41)38-28(33(43)46-7)17-21-9-11-22(12-10-21)37-34(44)39-27-16-13-23(40(4)5)18-25(27)32(42)45-6/h9-16,18-20,28H,8,17H2,1-7H3,(H,38,41)(H2,37,39,44)/t19?,20?,28-/m0/s1. The minimum Gasteiger partial charge on any atom is -0.467 e. The van der Waals surface area contributed by atoms with Gasteiger partial charge in [0.05, 0.1) is 41.1 Å². The maximum absolute atomic E-state index is 13.4. The van der Waals surface area contributed by atoms with Crippen molar-refractivity contribution in [1.29, 1.82) is 0 Å². The topological polar surface area (TPSA) is 126 Å². The van der Waals surface area contributed by atoms with Crippen LogP contribution in [0, 0.1) is 5.92 Å². The van der Waals surface area contributed by atoms with Crippen LogP contribution in [-0.4, -0.2) is 58.2 Å². The van der Waals surface area contributed by atoms with Crippen molar-refractivity contribution < 1.29 is 28.7 Å². The van der Waals surface area contributed by atoms with Crippen LogP contribution in [0.2, 0.25) is 10.0 Å². The molecule has 10 nitrogen and oxygen atoms in total. The Kier molecular flexibility index (Phi) is 12.8. The molecule has 0 aliphatic rings. The highest BCUT2D eigenvalue weighted by molar-refractivity contribution is 6.40. The summed E-state index contributed by atoms with van der Waals surface area (Å²) >= 11 is 13.1. The van der Waals surface area contributed by atoms with Crippen LogP contribution < -0.4 is 20.9 Å². The SMILES string of the molecule is CCC(C)C(C)c1ccc(Cl)c(C(=O)N[C@@H](Cc2ccc(NC(=O)Nc3ccc(N(C)C)cc3C(=O)OC)cc2)C(=O)OC)c1Cl. The minimum absolute atomic E-state index is 0.0884. The Balaban J connectivity index is 1.73. The molecule has 0 spiro atoms. The first-order valence-electron chi connectivity index (χ1n) is 14.7. The van der Waals surface area contributed by atoms with E-state index in [1.54, 1.807) is 48.5 Å². The summed E-state index contributed by atoms with van der Waals surface area (Å²) in [5.41, 5.74) is 3.29. The number of esters is 2. The number of halogens is 2. The van der Waals surface area contributed by atoms with Gasteiger partial charge in [-0.1, -0.05) is 68.6 Å². The third-order valence-electron chi connectivity index (χ3n) is 7.95. The number of nitrogens with zero attached hydrogens (tertiary/aromatic N) is 1. The average molecular weight is 672 g/mol. The van der Waals surface area contributed by atoms with E-state index in [0.29, 0.717) is 17.2 Å². The Bertz CT molecular complexity index is 1580. The zero-order valence-corrected chi connectivity index (χ0v) is 28.5. The van der Waals surface area contributed by atoms with E-state index in [1.807, 2.05) is 32.0 Å². The smallest absolute Gasteiger partial charge is 0.340 e. The van der Waals surface area contributed by atoms with Crippen LogP contribution in [0.5, 0.6) is 0 Å². The van der Waals surface area contributed by atoms with E-state index in [2.05, 4.69) is 29.8 Å². The number of hydrogen-bond donors (Lipinski definition) is 3. The molecule has 3 aromatic rings. The molecule has 46 heavy (non-hydrogen) atoms. The second-order valence-electron chi connectivity index (χ2n) is 11.1. The van der Waals surface area contributed by atoms with Gasteiger partial charge in [-0.05, 0) is 59.4 Å². The molecule has 3 aromatic carbocycles. The first kappa shape index (κ1) is 36.2. The highest BCUT2D eigenvalue weighted by atomic mass is 35.5. The van der Waals surface area contributed by atoms with Gasteiger partial charge in [0.15, 0.2) is 0 Å². The summed E-state index contributed by atoms with van der Waals surface area (Å²) in [5, 5.41) is 8.54. The lowest BCUT2D eigenvalue weighted by Crippen LogP contribution is -2.43. The fourth-order valence-corrected chi connectivity index (χ4v) is 5.51. The number of methoxy groups -OCH3 is 2. The molecule has 0 bridgehead atoms. The minimum atomic E-state index is -1.04. The Hall–Kier alpha value is -4.28. The molecular weight excluding hydrogens is 631 g/mol. The fraction of sp³-hybridized carbons (Fsp3) is 0.353. The molecule has 0 aromatic heterocycles. The summed E-state index contributed by atoms with van der Waals surface area (Å²) < 4.78 is 9.82. The quantitative estimate of drug-likeness (QED) is 0.175. The first-order chi connectivity index (χ1) is 21.8. The number of benzene rings is 3. The lowest BCUT2D eigenvalue weighted by Gasteiger charge is -2.22. The normalized spacial score (nSPS) is 12.7. The predicted octanol–water partition coefficient (Wildman–Crippen LogP) is 7.15. The summed E-state index contributed by atoms with van der Waals surface area (Å²) in [6, 6.07) is 13.6. The van der Waals surface area contributed by atoms with E-state index in [0.717, 1.165) is 17.7 Å². The summed E-state index contributed by atoms with van der Waals surface area (Å²) in [6.45, 7) is 6.25. The van der Waals surface area contributed by atoms with Crippen molar-refractivity contribution in [3.05, 3.63) is 86.9 Å². The molecule has 0 fully saturated rings. The zero-order valence-electron chi connectivity index (χ0n) is 27.0. The molecule has 3 N–H and O–H groups in total. The largest absolute Gasteiger partial charge is 0.467 e. The molecule has 3 rings (SSSR count). The summed E-state index contributed by atoms with van der Waals surface area (Å²) in [5.74, 6) is -1.41. The van der Waals surface area contributed by atoms with Gasteiger partial charge in [-0.2, -0.15) is 0 Å². The molecule has 0 saturated heterocycles. The highest BCUT2D eigenvalue weighted by Crippen LogP contribution is 2.36. The van der Waals surface area contributed by atoms with Gasteiger partial charge in [0.2, 0.25) is 0 Å². The molecule has 12 heteroatoms. The number of hydrogen-bond acceptors (Lipinski definition) is 7. The third-order valence-corrected chi connectivity index (χ3v) is 8.67. The maximum Gasteiger partial charge on any atom is 0.340 e. The van der Waals surface area contributed by atoms with Crippen LogP contribution >= 0.6 is 23.2 Å². The molecular formula is C34H40Cl2N4O6. The lowest BCUT2D eigenvalue weighted by molar-refractivity contribution is -0.142. The van der Waals surface area contributed by atoms with Crippen LogP contribution in [0.15, 0.2) is 54.6 Å². The predicted molar refractivity (Wildman–Crippen MR) is 182 cm³/mol. The monoisotopic (exact) mass is 670 g/mol. The van der Waals surface area contributed by atoms with Crippen molar-refractivity contribution >= 4 is 64.1 Å². The van der Waals surface area contributed by atoms with Crippen LogP contribution in [0.25, 0.3) is 0 Å². The molecule has 246 valence electrons. The molecule has 0 radical (unpaired) electrons. The summed E-state index contributed by atoms with van der Waals surface area (Å²) in [7, 11) is 6.17. The number of anilines is 3. The molecule has 3 atom stereocenters. The number of amides is 3. The molecule has 0 saturated carbocycles. The molecule has 0 heterocycles. The van der Waals surface area contributed by atoms with Gasteiger partial charge in [-0.15, -0.1) is 0 Å². The van der Waals surface area contributed by atoms with Crippen LogP contribution in [-0.2, 0) is 20.7 Å². The molecule has 0 aliphatic carbocycles. The number of rotatable bonds is 12. The molecule has 0 aliphatic heterocycles. The van der Waals surface area contributed by atoms with Crippen LogP contribution in [0.3, 0.4) is 0 Å². The van der Waals surface area contributed by atoms with Crippen molar-refractivity contribution in [2.75, 3.05) is 43.8 Å². The zero-order chi connectivity index (χ0) is 34.1. The van der Waals surface area contributed by atoms with Gasteiger partial charge >= 0.3 is 18.0 Å². The Labute approximate surface area is 279 Å². The van der Waals surface area contributed by atoms with Gasteiger partial charge in [0, 0.05) is 31.9 Å². The van der Waals surface area contributed by atoms with Gasteiger partial charge < -0.3 is 30.3 Å². The lowest BCUT2D eigenvalue weighted by atomic mass is 9.86. The van der Waals surface area contributed by atoms with E-state index in [9.17, 15) is 19.2 Å². The fourth-order valence-electron chi connectivity index (χ4n) is 4.80. The second kappa shape index (κ2) is 16.3. The van der Waals surface area contributed by atoms with Gasteiger partial charge in [-0.25, -0.2) is 14.4 Å². The van der Waals surface area contributed by atoms with Gasteiger partial charge in [0.1, 0.15) is 6.04 Å². The van der Waals surface area contributed by atoms with Crippen molar-refractivity contribution in [2.24, 2.45) is 5.92 Å². The maximum atomic E-state index is 13.4. The van der Waals surface area contributed by atoms with Crippen molar-refractivity contribution in [2.45, 2.75) is 45.6 Å². The Morgan fingerprint density at radius 2 is 1.57 bits per heavy atom.